The van der Waals surface area contributed by atoms with E-state index in [1.807, 2.05) is 0 Å². The van der Waals surface area contributed by atoms with E-state index in [4.69, 9.17) is 4.74 Å². The minimum atomic E-state index is 0.427. The fraction of sp³-hybridized carbons (Fsp3) is 1.00. The van der Waals surface area contributed by atoms with Gasteiger partial charge in [-0.15, -0.1) is 0 Å². The van der Waals surface area contributed by atoms with Gasteiger partial charge in [0.2, 0.25) is 0 Å². The number of nitrogens with one attached hydrogen (secondary N) is 2. The van der Waals surface area contributed by atoms with Crippen LogP contribution in [0, 0.1) is 0 Å². The molecule has 0 radical (unpaired) electrons. The van der Waals surface area contributed by atoms with Gasteiger partial charge in [-0.05, 0) is 19.4 Å². The monoisotopic (exact) mass is 242 g/mol. The largest absolute Gasteiger partial charge is 0.380 e. The molecule has 17 heavy (non-hydrogen) atoms. The van der Waals surface area contributed by atoms with Gasteiger partial charge >= 0.3 is 0 Å². The zero-order valence-corrected chi connectivity index (χ0v) is 11.6. The van der Waals surface area contributed by atoms with Crippen molar-refractivity contribution in [2.75, 3.05) is 26.7 Å². The SMILES string of the molecule is CCCCCCCCNCC1CC(OC)CN1. The van der Waals surface area contributed by atoms with E-state index in [1.165, 1.54) is 45.1 Å². The number of ether oxygens (including phenoxy) is 1. The van der Waals surface area contributed by atoms with Gasteiger partial charge < -0.3 is 15.4 Å². The van der Waals surface area contributed by atoms with E-state index < -0.39 is 0 Å². The van der Waals surface area contributed by atoms with Gasteiger partial charge in [-0.3, -0.25) is 0 Å². The first kappa shape index (κ1) is 14.9. The Kier molecular flexibility index (Phi) is 8.67. The van der Waals surface area contributed by atoms with Crippen LogP contribution in [0.3, 0.4) is 0 Å². The van der Waals surface area contributed by atoms with E-state index in [9.17, 15) is 0 Å². The maximum absolute atomic E-state index is 5.33. The molecule has 1 fully saturated rings. The Morgan fingerprint density at radius 3 is 2.65 bits per heavy atom. The number of methoxy groups -OCH3 is 1. The molecule has 3 heteroatoms. The van der Waals surface area contributed by atoms with E-state index in [2.05, 4.69) is 17.6 Å². The number of hydrogen-bond acceptors (Lipinski definition) is 3. The van der Waals surface area contributed by atoms with Crippen LogP contribution in [0.4, 0.5) is 0 Å². The zero-order chi connectivity index (χ0) is 12.3. The Morgan fingerprint density at radius 1 is 1.18 bits per heavy atom. The normalized spacial score (nSPS) is 24.4. The lowest BCUT2D eigenvalue weighted by Gasteiger charge is -2.11. The first-order valence-electron chi connectivity index (χ1n) is 7.33. The molecule has 0 amide bonds. The second-order valence-corrected chi connectivity index (χ2v) is 5.17. The van der Waals surface area contributed by atoms with Crippen LogP contribution in [0.25, 0.3) is 0 Å². The molecule has 0 aromatic carbocycles. The summed E-state index contributed by atoms with van der Waals surface area (Å²) in [5, 5.41) is 7.03. The van der Waals surface area contributed by atoms with Crippen molar-refractivity contribution in [3.63, 3.8) is 0 Å². The number of rotatable bonds is 10. The van der Waals surface area contributed by atoms with Crippen molar-refractivity contribution in [1.29, 1.82) is 0 Å². The maximum atomic E-state index is 5.33. The van der Waals surface area contributed by atoms with Crippen molar-refractivity contribution in [2.45, 2.75) is 64.0 Å². The molecule has 1 heterocycles. The molecule has 1 saturated heterocycles. The summed E-state index contributed by atoms with van der Waals surface area (Å²) in [4.78, 5) is 0. The standard InChI is InChI=1S/C14H30N2O/c1-3-4-5-6-7-8-9-15-11-13-10-14(17-2)12-16-13/h13-16H,3-12H2,1-2H3. The van der Waals surface area contributed by atoms with Gasteiger partial charge in [0.25, 0.3) is 0 Å². The Balaban J connectivity index is 1.81. The van der Waals surface area contributed by atoms with Crippen molar-refractivity contribution < 1.29 is 4.74 Å². The summed E-state index contributed by atoms with van der Waals surface area (Å²) in [5.74, 6) is 0. The average Bonchev–Trinajstić information content (AvgIpc) is 2.80. The topological polar surface area (TPSA) is 33.3 Å². The van der Waals surface area contributed by atoms with Gasteiger partial charge in [0.15, 0.2) is 0 Å². The Hall–Kier alpha value is -0.120. The summed E-state index contributed by atoms with van der Waals surface area (Å²) in [5.41, 5.74) is 0. The first-order valence-corrected chi connectivity index (χ1v) is 7.33. The van der Waals surface area contributed by atoms with Gasteiger partial charge in [0.1, 0.15) is 0 Å². The number of unbranched alkanes of at least 4 members (excludes halogenated alkanes) is 5. The van der Waals surface area contributed by atoms with Crippen molar-refractivity contribution in [3.8, 4) is 0 Å². The van der Waals surface area contributed by atoms with Crippen LogP contribution in [0.15, 0.2) is 0 Å². The summed E-state index contributed by atoms with van der Waals surface area (Å²) in [6.07, 6.45) is 9.84. The quantitative estimate of drug-likeness (QED) is 0.577. The maximum Gasteiger partial charge on any atom is 0.0711 e. The molecule has 0 aromatic rings. The highest BCUT2D eigenvalue weighted by Gasteiger charge is 2.22. The molecule has 3 nitrogen and oxygen atoms in total. The molecule has 0 aromatic heterocycles. The van der Waals surface area contributed by atoms with E-state index in [0.29, 0.717) is 12.1 Å². The van der Waals surface area contributed by atoms with Gasteiger partial charge in [0, 0.05) is 26.2 Å². The molecule has 0 saturated carbocycles. The van der Waals surface area contributed by atoms with Crippen molar-refractivity contribution in [3.05, 3.63) is 0 Å². The molecule has 0 bridgehead atoms. The van der Waals surface area contributed by atoms with Crippen LogP contribution in [-0.4, -0.2) is 38.9 Å². The molecule has 2 unspecified atom stereocenters. The summed E-state index contributed by atoms with van der Waals surface area (Å²) >= 11 is 0. The lowest BCUT2D eigenvalue weighted by molar-refractivity contribution is 0.117. The minimum Gasteiger partial charge on any atom is -0.380 e. The molecule has 0 spiro atoms. The second kappa shape index (κ2) is 9.86. The van der Waals surface area contributed by atoms with Crippen LogP contribution >= 0.6 is 0 Å². The summed E-state index contributed by atoms with van der Waals surface area (Å²) in [6.45, 7) is 5.54. The van der Waals surface area contributed by atoms with Crippen LogP contribution in [0.5, 0.6) is 0 Å². The van der Waals surface area contributed by atoms with Gasteiger partial charge in [-0.25, -0.2) is 0 Å². The molecular formula is C14H30N2O. The van der Waals surface area contributed by atoms with E-state index in [0.717, 1.165) is 19.5 Å². The predicted octanol–water partition coefficient (Wildman–Crippen LogP) is 2.31. The highest BCUT2D eigenvalue weighted by atomic mass is 16.5. The third kappa shape index (κ3) is 7.02. The van der Waals surface area contributed by atoms with Crippen LogP contribution in [0.1, 0.15) is 51.9 Å². The smallest absolute Gasteiger partial charge is 0.0711 e. The first-order chi connectivity index (χ1) is 8.36. The third-order valence-electron chi connectivity index (χ3n) is 3.61. The highest BCUT2D eigenvalue weighted by molar-refractivity contribution is 4.83. The van der Waals surface area contributed by atoms with E-state index in [-0.39, 0.29) is 0 Å². The number of hydrogen-bond donors (Lipinski definition) is 2. The minimum absolute atomic E-state index is 0.427. The molecule has 1 aliphatic rings. The van der Waals surface area contributed by atoms with E-state index in [1.54, 1.807) is 7.11 Å². The van der Waals surface area contributed by atoms with E-state index >= 15 is 0 Å². The van der Waals surface area contributed by atoms with Crippen LogP contribution in [-0.2, 0) is 4.74 Å². The lowest BCUT2D eigenvalue weighted by Crippen LogP contribution is -2.34. The molecule has 1 rings (SSSR count). The highest BCUT2D eigenvalue weighted by Crippen LogP contribution is 2.08. The molecule has 2 atom stereocenters. The zero-order valence-electron chi connectivity index (χ0n) is 11.6. The lowest BCUT2D eigenvalue weighted by atomic mass is 10.1. The molecule has 2 N–H and O–H groups in total. The van der Waals surface area contributed by atoms with Gasteiger partial charge in [0.05, 0.1) is 6.10 Å². The van der Waals surface area contributed by atoms with Gasteiger partial charge in [-0.1, -0.05) is 39.0 Å². The van der Waals surface area contributed by atoms with Crippen LogP contribution in [0.2, 0.25) is 0 Å². The van der Waals surface area contributed by atoms with Crippen LogP contribution < -0.4 is 10.6 Å². The second-order valence-electron chi connectivity index (χ2n) is 5.17. The predicted molar refractivity (Wildman–Crippen MR) is 73.5 cm³/mol. The fourth-order valence-corrected chi connectivity index (χ4v) is 2.42. The van der Waals surface area contributed by atoms with Crippen molar-refractivity contribution in [1.82, 2.24) is 10.6 Å². The molecule has 102 valence electrons. The van der Waals surface area contributed by atoms with Crippen molar-refractivity contribution >= 4 is 0 Å². The Labute approximate surface area is 107 Å². The molecule has 0 aliphatic carbocycles. The summed E-state index contributed by atoms with van der Waals surface area (Å²) in [6, 6.07) is 0.611. The Bertz CT molecular complexity index is 176. The summed E-state index contributed by atoms with van der Waals surface area (Å²) in [7, 11) is 1.80. The Morgan fingerprint density at radius 2 is 1.94 bits per heavy atom. The third-order valence-corrected chi connectivity index (χ3v) is 3.61. The fourth-order valence-electron chi connectivity index (χ4n) is 2.42. The summed E-state index contributed by atoms with van der Waals surface area (Å²) < 4.78 is 5.33. The van der Waals surface area contributed by atoms with Gasteiger partial charge in [-0.2, -0.15) is 0 Å². The molecular weight excluding hydrogens is 212 g/mol. The average molecular weight is 242 g/mol. The van der Waals surface area contributed by atoms with Crippen molar-refractivity contribution in [2.24, 2.45) is 0 Å². The molecule has 1 aliphatic heterocycles.